The highest BCUT2D eigenvalue weighted by atomic mass is 16.6. The lowest BCUT2D eigenvalue weighted by atomic mass is 9.98. The van der Waals surface area contributed by atoms with Crippen molar-refractivity contribution in [2.24, 2.45) is 0 Å². The molecule has 4 rings (SSSR count). The summed E-state index contributed by atoms with van der Waals surface area (Å²) >= 11 is 0. The summed E-state index contributed by atoms with van der Waals surface area (Å²) in [5.74, 6) is -1.08. The molecule has 1 N–H and O–H groups in total. The standard InChI is InChI=1S/C22H23NO5/c1-27-14-10-11-23(20(12-14)21(24)25)22(26)28-13-19-17-8-4-2-6-15(17)16-7-3-5-9-18(16)19/h2-9,14,19-20H,10-13H2,1H3,(H,24,25). The molecule has 2 aromatic carbocycles. The first kappa shape index (κ1) is 18.5. The molecule has 1 fully saturated rings. The maximum atomic E-state index is 12.7. The topological polar surface area (TPSA) is 76.1 Å². The van der Waals surface area contributed by atoms with E-state index in [9.17, 15) is 14.7 Å². The maximum Gasteiger partial charge on any atom is 0.410 e. The van der Waals surface area contributed by atoms with Gasteiger partial charge in [0.05, 0.1) is 6.10 Å². The van der Waals surface area contributed by atoms with Crippen LogP contribution in [0.3, 0.4) is 0 Å². The molecule has 1 aliphatic heterocycles. The van der Waals surface area contributed by atoms with Gasteiger partial charge < -0.3 is 14.6 Å². The van der Waals surface area contributed by atoms with Gasteiger partial charge in [0.1, 0.15) is 12.6 Å². The van der Waals surface area contributed by atoms with E-state index in [2.05, 4.69) is 24.3 Å². The van der Waals surface area contributed by atoms with Gasteiger partial charge in [0.15, 0.2) is 0 Å². The van der Waals surface area contributed by atoms with Crippen molar-refractivity contribution in [1.29, 1.82) is 0 Å². The molecule has 2 aromatic rings. The Morgan fingerprint density at radius 1 is 1.07 bits per heavy atom. The first-order valence-corrected chi connectivity index (χ1v) is 9.47. The van der Waals surface area contributed by atoms with Crippen molar-refractivity contribution in [3.05, 3.63) is 59.7 Å². The molecule has 146 valence electrons. The summed E-state index contributed by atoms with van der Waals surface area (Å²) in [4.78, 5) is 25.6. The molecule has 1 aliphatic carbocycles. The number of benzene rings is 2. The summed E-state index contributed by atoms with van der Waals surface area (Å²) in [6.45, 7) is 0.496. The lowest BCUT2D eigenvalue weighted by molar-refractivity contribution is -0.146. The molecule has 2 unspecified atom stereocenters. The molecule has 1 heterocycles. The molecule has 0 spiro atoms. The van der Waals surface area contributed by atoms with Gasteiger partial charge in [-0.3, -0.25) is 4.90 Å². The summed E-state index contributed by atoms with van der Waals surface area (Å²) in [6, 6.07) is 15.3. The minimum atomic E-state index is -1.03. The van der Waals surface area contributed by atoms with Crippen molar-refractivity contribution in [2.45, 2.75) is 30.9 Å². The van der Waals surface area contributed by atoms with E-state index >= 15 is 0 Å². The summed E-state index contributed by atoms with van der Waals surface area (Å²) < 4.78 is 10.9. The predicted octanol–water partition coefficient (Wildman–Crippen LogP) is 3.50. The number of ether oxygens (including phenoxy) is 2. The third-order valence-corrected chi connectivity index (χ3v) is 5.74. The number of rotatable bonds is 4. The van der Waals surface area contributed by atoms with Gasteiger partial charge in [-0.25, -0.2) is 9.59 Å². The lowest BCUT2D eigenvalue weighted by Crippen LogP contribution is -2.52. The van der Waals surface area contributed by atoms with Gasteiger partial charge in [0, 0.05) is 26.0 Å². The van der Waals surface area contributed by atoms with Gasteiger partial charge in [0.2, 0.25) is 0 Å². The monoisotopic (exact) mass is 381 g/mol. The Morgan fingerprint density at radius 3 is 2.25 bits per heavy atom. The molecule has 2 aliphatic rings. The predicted molar refractivity (Wildman–Crippen MR) is 103 cm³/mol. The summed E-state index contributed by atoms with van der Waals surface area (Å²) in [5.41, 5.74) is 4.57. The average molecular weight is 381 g/mol. The lowest BCUT2D eigenvalue weighted by Gasteiger charge is -2.35. The van der Waals surface area contributed by atoms with E-state index < -0.39 is 18.1 Å². The number of carbonyl (C=O) groups excluding carboxylic acids is 1. The van der Waals surface area contributed by atoms with Crippen LogP contribution in [0.1, 0.15) is 29.9 Å². The van der Waals surface area contributed by atoms with E-state index in [-0.39, 0.29) is 25.0 Å². The molecule has 2 atom stereocenters. The van der Waals surface area contributed by atoms with Crippen LogP contribution in [-0.4, -0.2) is 54.5 Å². The van der Waals surface area contributed by atoms with Gasteiger partial charge >= 0.3 is 12.1 Å². The van der Waals surface area contributed by atoms with Crippen LogP contribution < -0.4 is 0 Å². The Balaban J connectivity index is 1.50. The fourth-order valence-corrected chi connectivity index (χ4v) is 4.28. The zero-order chi connectivity index (χ0) is 19.7. The number of carboxylic acid groups (broad SMARTS) is 1. The van der Waals surface area contributed by atoms with Crippen molar-refractivity contribution in [2.75, 3.05) is 20.3 Å². The Hall–Kier alpha value is -2.86. The van der Waals surface area contributed by atoms with E-state index in [0.29, 0.717) is 13.0 Å². The van der Waals surface area contributed by atoms with Gasteiger partial charge in [-0.15, -0.1) is 0 Å². The number of hydrogen-bond acceptors (Lipinski definition) is 4. The van der Waals surface area contributed by atoms with E-state index in [0.717, 1.165) is 22.3 Å². The number of fused-ring (bicyclic) bond motifs is 3. The maximum absolute atomic E-state index is 12.7. The molecule has 6 heteroatoms. The Bertz CT molecular complexity index is 851. The summed E-state index contributed by atoms with van der Waals surface area (Å²) in [5, 5.41) is 9.51. The molecular weight excluding hydrogens is 358 g/mol. The second-order valence-corrected chi connectivity index (χ2v) is 7.23. The van der Waals surface area contributed by atoms with Crippen molar-refractivity contribution in [3.63, 3.8) is 0 Å². The number of hydrogen-bond donors (Lipinski definition) is 1. The van der Waals surface area contributed by atoms with E-state index in [1.54, 1.807) is 7.11 Å². The highest BCUT2D eigenvalue weighted by Gasteiger charge is 2.38. The fraction of sp³-hybridized carbons (Fsp3) is 0.364. The zero-order valence-electron chi connectivity index (χ0n) is 15.7. The van der Waals surface area contributed by atoms with Gasteiger partial charge in [-0.1, -0.05) is 48.5 Å². The smallest absolute Gasteiger partial charge is 0.410 e. The number of amides is 1. The number of likely N-dealkylation sites (tertiary alicyclic amines) is 1. The molecular formula is C22H23NO5. The SMILES string of the molecule is COC1CCN(C(=O)OCC2c3ccccc3-c3ccccc32)C(C(=O)O)C1. The van der Waals surface area contributed by atoms with E-state index in [1.165, 1.54) is 4.90 Å². The third-order valence-electron chi connectivity index (χ3n) is 5.74. The number of methoxy groups -OCH3 is 1. The first-order chi connectivity index (χ1) is 13.6. The van der Waals surface area contributed by atoms with Crippen LogP contribution in [0, 0.1) is 0 Å². The Morgan fingerprint density at radius 2 is 1.68 bits per heavy atom. The molecule has 0 radical (unpaired) electrons. The zero-order valence-corrected chi connectivity index (χ0v) is 15.7. The van der Waals surface area contributed by atoms with Crippen LogP contribution in [0.4, 0.5) is 4.79 Å². The van der Waals surface area contributed by atoms with Gasteiger partial charge in [-0.2, -0.15) is 0 Å². The van der Waals surface area contributed by atoms with Gasteiger partial charge in [0.25, 0.3) is 0 Å². The molecule has 6 nitrogen and oxygen atoms in total. The molecule has 1 saturated heterocycles. The largest absolute Gasteiger partial charge is 0.480 e. The van der Waals surface area contributed by atoms with Crippen molar-refractivity contribution >= 4 is 12.1 Å². The quantitative estimate of drug-likeness (QED) is 0.877. The van der Waals surface area contributed by atoms with E-state index in [1.807, 2.05) is 24.3 Å². The number of carboxylic acids is 1. The van der Waals surface area contributed by atoms with Gasteiger partial charge in [-0.05, 0) is 28.7 Å². The Kier molecular flexibility index (Phi) is 5.05. The second-order valence-electron chi connectivity index (χ2n) is 7.23. The number of aliphatic carboxylic acids is 1. The number of piperidine rings is 1. The summed E-state index contributed by atoms with van der Waals surface area (Å²) in [7, 11) is 1.56. The van der Waals surface area contributed by atoms with Crippen LogP contribution in [0.25, 0.3) is 11.1 Å². The summed E-state index contributed by atoms with van der Waals surface area (Å²) in [6.07, 6.45) is 0.142. The minimum absolute atomic E-state index is 0.0452. The van der Waals surface area contributed by atoms with Crippen molar-refractivity contribution < 1.29 is 24.2 Å². The highest BCUT2D eigenvalue weighted by molar-refractivity contribution is 5.81. The Labute approximate surface area is 163 Å². The van der Waals surface area contributed by atoms with Crippen LogP contribution in [0.5, 0.6) is 0 Å². The second kappa shape index (κ2) is 7.64. The third kappa shape index (κ3) is 3.24. The first-order valence-electron chi connectivity index (χ1n) is 9.47. The number of nitrogens with zero attached hydrogens (tertiary/aromatic N) is 1. The van der Waals surface area contributed by atoms with Crippen LogP contribution in [-0.2, 0) is 14.3 Å². The minimum Gasteiger partial charge on any atom is -0.480 e. The highest BCUT2D eigenvalue weighted by Crippen LogP contribution is 2.44. The molecule has 0 aromatic heterocycles. The van der Waals surface area contributed by atoms with Crippen molar-refractivity contribution in [1.82, 2.24) is 4.90 Å². The van der Waals surface area contributed by atoms with Crippen LogP contribution >= 0.6 is 0 Å². The van der Waals surface area contributed by atoms with Crippen LogP contribution in [0.2, 0.25) is 0 Å². The van der Waals surface area contributed by atoms with Crippen LogP contribution in [0.15, 0.2) is 48.5 Å². The molecule has 0 bridgehead atoms. The molecule has 28 heavy (non-hydrogen) atoms. The molecule has 1 amide bonds. The number of carbonyl (C=O) groups is 2. The van der Waals surface area contributed by atoms with Crippen molar-refractivity contribution in [3.8, 4) is 11.1 Å². The fourth-order valence-electron chi connectivity index (χ4n) is 4.28. The molecule has 0 saturated carbocycles. The van der Waals surface area contributed by atoms with E-state index in [4.69, 9.17) is 9.47 Å². The normalized spacial score (nSPS) is 21.1. The average Bonchev–Trinajstić information content (AvgIpc) is 3.05.